The molecule has 30 heavy (non-hydrogen) atoms. The lowest BCUT2D eigenvalue weighted by molar-refractivity contribution is -0.111. The molecule has 1 aromatic heterocycles. The topological polar surface area (TPSA) is 76.7 Å². The van der Waals surface area contributed by atoms with Crippen molar-refractivity contribution in [1.29, 1.82) is 0 Å². The molecule has 1 aromatic carbocycles. The van der Waals surface area contributed by atoms with Crippen LogP contribution in [0.4, 0.5) is 0 Å². The van der Waals surface area contributed by atoms with E-state index in [0.29, 0.717) is 19.3 Å². The van der Waals surface area contributed by atoms with E-state index in [1.165, 1.54) is 11.1 Å². The van der Waals surface area contributed by atoms with Crippen molar-refractivity contribution in [3.05, 3.63) is 46.8 Å². The van der Waals surface area contributed by atoms with E-state index in [1.54, 1.807) is 0 Å². The number of rotatable bonds is 8. The van der Waals surface area contributed by atoms with E-state index >= 15 is 0 Å². The highest BCUT2D eigenvalue weighted by molar-refractivity contribution is 5.36. The van der Waals surface area contributed by atoms with Crippen LogP contribution in [0.5, 0.6) is 5.75 Å². The van der Waals surface area contributed by atoms with E-state index in [9.17, 15) is 10.2 Å². The highest BCUT2D eigenvalue weighted by Gasteiger charge is 2.30. The Morgan fingerprint density at radius 2 is 1.80 bits per heavy atom. The van der Waals surface area contributed by atoms with Gasteiger partial charge in [-0.1, -0.05) is 12.1 Å². The molecule has 0 radical (unpaired) electrons. The summed E-state index contributed by atoms with van der Waals surface area (Å²) in [5, 5.41) is 24.5. The molecule has 0 bridgehead atoms. The molecule has 1 fully saturated rings. The first-order valence-electron chi connectivity index (χ1n) is 11.0. The van der Waals surface area contributed by atoms with Gasteiger partial charge >= 0.3 is 0 Å². The molecule has 1 aliphatic heterocycles. The Bertz CT molecular complexity index is 813. The van der Waals surface area contributed by atoms with Gasteiger partial charge in [0.25, 0.3) is 0 Å². The number of hydrogen-bond donors (Lipinski definition) is 2. The number of aromatic nitrogens is 2. The Morgan fingerprint density at radius 3 is 2.40 bits per heavy atom. The quantitative estimate of drug-likeness (QED) is 0.688. The standard InChI is InChI=1S/C24H36N2O4/c1-15(2)26-17(5)23(10-18-6-8-20(9-7-18)29-16(3)4)24(25-26)13-21-11-19(28)12-22(14-27)30-21/h6-9,15-16,19,21-22,27-28H,10-14H2,1-5H3/t19-,21-,22+/m1/s1. The maximum atomic E-state index is 10.2. The highest BCUT2D eigenvalue weighted by atomic mass is 16.5. The van der Waals surface area contributed by atoms with Crippen LogP contribution < -0.4 is 4.74 Å². The van der Waals surface area contributed by atoms with Crippen LogP contribution in [-0.2, 0) is 17.6 Å². The summed E-state index contributed by atoms with van der Waals surface area (Å²) < 4.78 is 13.8. The second-order valence-electron chi connectivity index (χ2n) is 8.93. The molecule has 3 rings (SSSR count). The zero-order chi connectivity index (χ0) is 21.8. The summed E-state index contributed by atoms with van der Waals surface area (Å²) in [5.74, 6) is 0.878. The molecule has 0 saturated carbocycles. The molecule has 0 unspecified atom stereocenters. The minimum Gasteiger partial charge on any atom is -0.491 e. The average molecular weight is 417 g/mol. The van der Waals surface area contributed by atoms with E-state index in [1.807, 2.05) is 26.0 Å². The molecule has 6 nitrogen and oxygen atoms in total. The van der Waals surface area contributed by atoms with E-state index in [0.717, 1.165) is 23.6 Å². The van der Waals surface area contributed by atoms with Crippen molar-refractivity contribution in [2.24, 2.45) is 0 Å². The van der Waals surface area contributed by atoms with Crippen LogP contribution in [0, 0.1) is 6.92 Å². The average Bonchev–Trinajstić information content (AvgIpc) is 2.98. The van der Waals surface area contributed by atoms with Crippen molar-refractivity contribution in [2.45, 2.75) is 90.8 Å². The number of benzene rings is 1. The second kappa shape index (κ2) is 9.94. The second-order valence-corrected chi connectivity index (χ2v) is 8.93. The molecule has 0 spiro atoms. The molecule has 0 aliphatic carbocycles. The molecule has 2 N–H and O–H groups in total. The van der Waals surface area contributed by atoms with E-state index in [4.69, 9.17) is 14.6 Å². The van der Waals surface area contributed by atoms with Gasteiger partial charge in [-0.15, -0.1) is 0 Å². The smallest absolute Gasteiger partial charge is 0.119 e. The molecule has 166 valence electrons. The van der Waals surface area contributed by atoms with Gasteiger partial charge in [0.2, 0.25) is 0 Å². The van der Waals surface area contributed by atoms with Gasteiger partial charge < -0.3 is 19.7 Å². The maximum Gasteiger partial charge on any atom is 0.119 e. The van der Waals surface area contributed by atoms with Gasteiger partial charge in [0.15, 0.2) is 0 Å². The van der Waals surface area contributed by atoms with E-state index in [-0.39, 0.29) is 31.0 Å². The first-order chi connectivity index (χ1) is 14.3. The maximum absolute atomic E-state index is 10.2. The lowest BCUT2D eigenvalue weighted by Gasteiger charge is -2.32. The van der Waals surface area contributed by atoms with Crippen molar-refractivity contribution >= 4 is 0 Å². The molecular weight excluding hydrogens is 380 g/mol. The fourth-order valence-corrected chi connectivity index (χ4v) is 4.22. The van der Waals surface area contributed by atoms with Crippen LogP contribution in [0.3, 0.4) is 0 Å². The number of aliphatic hydroxyl groups excluding tert-OH is 2. The Balaban J connectivity index is 1.82. The van der Waals surface area contributed by atoms with Gasteiger partial charge in [-0.2, -0.15) is 5.10 Å². The predicted molar refractivity (Wildman–Crippen MR) is 117 cm³/mol. The summed E-state index contributed by atoms with van der Waals surface area (Å²) in [6.45, 7) is 10.4. The largest absolute Gasteiger partial charge is 0.491 e. The Hall–Kier alpha value is -1.89. The van der Waals surface area contributed by atoms with Crippen LogP contribution in [0.1, 0.15) is 69.1 Å². The van der Waals surface area contributed by atoms with Gasteiger partial charge in [0, 0.05) is 36.6 Å². The van der Waals surface area contributed by atoms with Crippen LogP contribution in [0.25, 0.3) is 0 Å². The van der Waals surface area contributed by atoms with Gasteiger partial charge in [0.05, 0.1) is 36.7 Å². The SMILES string of the molecule is Cc1c(Cc2ccc(OC(C)C)cc2)c(C[C@H]2C[C@@H](O)C[C@@H](CO)O2)nn1C(C)C. The normalized spacial score (nSPS) is 22.1. The van der Waals surface area contributed by atoms with Crippen LogP contribution >= 0.6 is 0 Å². The van der Waals surface area contributed by atoms with Crippen molar-refractivity contribution in [3.8, 4) is 5.75 Å². The Kier molecular flexibility index (Phi) is 7.55. The summed E-state index contributed by atoms with van der Waals surface area (Å²) in [6, 6.07) is 8.52. The minimum absolute atomic E-state index is 0.0648. The fourth-order valence-electron chi connectivity index (χ4n) is 4.22. The summed E-state index contributed by atoms with van der Waals surface area (Å²) in [7, 11) is 0. The molecule has 2 heterocycles. The summed E-state index contributed by atoms with van der Waals surface area (Å²) >= 11 is 0. The Morgan fingerprint density at radius 1 is 1.13 bits per heavy atom. The van der Waals surface area contributed by atoms with Gasteiger partial charge in [-0.05, 0) is 58.7 Å². The molecular formula is C24H36N2O4. The predicted octanol–water partition coefficient (Wildman–Crippen LogP) is 3.59. The summed E-state index contributed by atoms with van der Waals surface area (Å²) in [5.41, 5.74) is 4.60. The van der Waals surface area contributed by atoms with Crippen LogP contribution in [0.15, 0.2) is 24.3 Å². The third kappa shape index (κ3) is 5.62. The molecule has 3 atom stereocenters. The third-order valence-electron chi connectivity index (χ3n) is 5.60. The molecule has 6 heteroatoms. The first kappa shape index (κ1) is 22.8. The van der Waals surface area contributed by atoms with Crippen molar-refractivity contribution < 1.29 is 19.7 Å². The Labute approximate surface area is 179 Å². The van der Waals surface area contributed by atoms with Gasteiger partial charge in [0.1, 0.15) is 5.75 Å². The zero-order valence-electron chi connectivity index (χ0n) is 18.8. The van der Waals surface area contributed by atoms with E-state index in [2.05, 4.69) is 37.6 Å². The highest BCUT2D eigenvalue weighted by Crippen LogP contribution is 2.27. The monoisotopic (exact) mass is 416 g/mol. The summed E-state index contributed by atoms with van der Waals surface area (Å²) in [6.07, 6.45) is 1.76. The number of aliphatic hydroxyl groups is 2. The third-order valence-corrected chi connectivity index (χ3v) is 5.60. The number of nitrogens with zero attached hydrogens (tertiary/aromatic N) is 2. The first-order valence-corrected chi connectivity index (χ1v) is 11.0. The van der Waals surface area contributed by atoms with Crippen molar-refractivity contribution in [3.63, 3.8) is 0 Å². The van der Waals surface area contributed by atoms with Gasteiger partial charge in [-0.3, -0.25) is 4.68 Å². The van der Waals surface area contributed by atoms with E-state index < -0.39 is 6.10 Å². The van der Waals surface area contributed by atoms with Gasteiger partial charge in [-0.25, -0.2) is 0 Å². The van der Waals surface area contributed by atoms with Crippen molar-refractivity contribution in [2.75, 3.05) is 6.61 Å². The van der Waals surface area contributed by atoms with Crippen LogP contribution in [-0.4, -0.2) is 51.0 Å². The molecule has 1 aliphatic rings. The number of hydrogen-bond acceptors (Lipinski definition) is 5. The minimum atomic E-state index is -0.439. The van der Waals surface area contributed by atoms with Crippen LogP contribution in [0.2, 0.25) is 0 Å². The van der Waals surface area contributed by atoms with Crippen molar-refractivity contribution in [1.82, 2.24) is 9.78 Å². The fraction of sp³-hybridized carbons (Fsp3) is 0.625. The molecule has 2 aromatic rings. The zero-order valence-corrected chi connectivity index (χ0v) is 18.8. The lowest BCUT2D eigenvalue weighted by atomic mass is 9.95. The number of ether oxygens (including phenoxy) is 2. The summed E-state index contributed by atoms with van der Waals surface area (Å²) in [4.78, 5) is 0. The lowest BCUT2D eigenvalue weighted by Crippen LogP contribution is -2.38. The molecule has 0 amide bonds. The molecule has 1 saturated heterocycles.